The summed E-state index contributed by atoms with van der Waals surface area (Å²) >= 11 is 2.38. The van der Waals surface area contributed by atoms with E-state index in [1.54, 1.807) is 0 Å². The van der Waals surface area contributed by atoms with Gasteiger partial charge in [0.15, 0.2) is 0 Å². The summed E-state index contributed by atoms with van der Waals surface area (Å²) < 4.78 is 1.28. The molecule has 2 unspecified atom stereocenters. The van der Waals surface area contributed by atoms with Crippen molar-refractivity contribution in [2.75, 3.05) is 6.54 Å². The molecule has 0 saturated carbocycles. The van der Waals surface area contributed by atoms with E-state index >= 15 is 0 Å². The second kappa shape index (κ2) is 7.95. The normalized spacial score (nSPS) is 13.9. The molecule has 1 nitrogen and oxygen atoms in total. The van der Waals surface area contributed by atoms with Gasteiger partial charge in [0.1, 0.15) is 0 Å². The second-order valence-corrected chi connectivity index (χ2v) is 6.77. The van der Waals surface area contributed by atoms with E-state index in [0.29, 0.717) is 5.92 Å². The third kappa shape index (κ3) is 4.30. The Labute approximate surface area is 142 Å². The van der Waals surface area contributed by atoms with Gasteiger partial charge in [0, 0.05) is 3.57 Å². The Morgan fingerprint density at radius 3 is 2.19 bits per heavy atom. The average Bonchev–Trinajstić information content (AvgIpc) is 2.52. The lowest BCUT2D eigenvalue weighted by atomic mass is 9.93. The van der Waals surface area contributed by atoms with E-state index in [9.17, 15) is 0 Å². The predicted molar refractivity (Wildman–Crippen MR) is 99.8 cm³/mol. The quantitative estimate of drug-likeness (QED) is 0.639. The van der Waals surface area contributed by atoms with E-state index in [-0.39, 0.29) is 6.04 Å². The van der Waals surface area contributed by atoms with Gasteiger partial charge in [-0.1, -0.05) is 57.2 Å². The first-order valence-corrected chi connectivity index (χ1v) is 8.82. The van der Waals surface area contributed by atoms with Crippen molar-refractivity contribution < 1.29 is 0 Å². The van der Waals surface area contributed by atoms with Crippen LogP contribution in [0.25, 0.3) is 0 Å². The van der Waals surface area contributed by atoms with Crippen molar-refractivity contribution in [3.05, 3.63) is 68.8 Å². The second-order valence-electron chi connectivity index (χ2n) is 5.52. The fourth-order valence-corrected chi connectivity index (χ4v) is 3.14. The van der Waals surface area contributed by atoms with Crippen LogP contribution >= 0.6 is 22.6 Å². The first-order chi connectivity index (χ1) is 10.2. The number of benzene rings is 2. The van der Waals surface area contributed by atoms with Gasteiger partial charge in [0.05, 0.1) is 6.04 Å². The van der Waals surface area contributed by atoms with Crippen LogP contribution in [0.1, 0.15) is 55.8 Å². The number of halogens is 1. The molecule has 0 spiro atoms. The maximum atomic E-state index is 3.60. The molecule has 0 heterocycles. The zero-order chi connectivity index (χ0) is 15.2. The molecule has 2 rings (SSSR count). The molecule has 21 heavy (non-hydrogen) atoms. The monoisotopic (exact) mass is 393 g/mol. The van der Waals surface area contributed by atoms with Crippen molar-refractivity contribution in [2.45, 2.75) is 39.2 Å². The van der Waals surface area contributed by atoms with E-state index in [2.05, 4.69) is 97.2 Å². The molecule has 0 radical (unpaired) electrons. The average molecular weight is 393 g/mol. The van der Waals surface area contributed by atoms with E-state index in [1.807, 2.05) is 0 Å². The minimum atomic E-state index is 0.274. The molecule has 112 valence electrons. The van der Waals surface area contributed by atoms with Gasteiger partial charge in [0.25, 0.3) is 0 Å². The first kappa shape index (κ1) is 16.5. The maximum absolute atomic E-state index is 3.60. The largest absolute Gasteiger partial charge is 0.307 e. The van der Waals surface area contributed by atoms with Gasteiger partial charge in [-0.15, -0.1) is 0 Å². The molecule has 0 aliphatic heterocycles. The molecule has 0 aromatic heterocycles. The summed E-state index contributed by atoms with van der Waals surface area (Å²) in [6.07, 6.45) is 1.19. The van der Waals surface area contributed by atoms with Crippen LogP contribution in [-0.2, 0) is 0 Å². The highest BCUT2D eigenvalue weighted by molar-refractivity contribution is 14.1. The third-order valence-corrected chi connectivity index (χ3v) is 4.71. The van der Waals surface area contributed by atoms with Gasteiger partial charge in [-0.2, -0.15) is 0 Å². The van der Waals surface area contributed by atoms with Crippen molar-refractivity contribution in [1.29, 1.82) is 0 Å². The fraction of sp³-hybridized carbons (Fsp3) is 0.368. The van der Waals surface area contributed by atoms with E-state index in [1.165, 1.54) is 26.7 Å². The molecule has 0 saturated heterocycles. The fourth-order valence-electron chi connectivity index (χ4n) is 2.57. The minimum Gasteiger partial charge on any atom is -0.307 e. The van der Waals surface area contributed by atoms with Gasteiger partial charge in [-0.05, 0) is 70.3 Å². The molecule has 2 aromatic carbocycles. The lowest BCUT2D eigenvalue weighted by molar-refractivity contribution is 0.629. The summed E-state index contributed by atoms with van der Waals surface area (Å²) in [6.45, 7) is 7.65. The highest BCUT2D eigenvalue weighted by atomic mass is 127. The Hall–Kier alpha value is -0.870. The van der Waals surface area contributed by atoms with Crippen LogP contribution in [0.15, 0.2) is 48.5 Å². The Morgan fingerprint density at radius 1 is 0.952 bits per heavy atom. The molecule has 0 fully saturated rings. The summed E-state index contributed by atoms with van der Waals surface area (Å²) in [5.41, 5.74) is 4.10. The maximum Gasteiger partial charge on any atom is 0.0577 e. The van der Waals surface area contributed by atoms with E-state index in [0.717, 1.165) is 6.54 Å². The summed E-state index contributed by atoms with van der Waals surface area (Å²) in [5.74, 6) is 0.634. The Kier molecular flexibility index (Phi) is 6.24. The Balaban J connectivity index is 2.30. The summed E-state index contributed by atoms with van der Waals surface area (Å²) in [7, 11) is 0. The highest BCUT2D eigenvalue weighted by Crippen LogP contribution is 2.26. The smallest absolute Gasteiger partial charge is 0.0577 e. The lowest BCUT2D eigenvalue weighted by Gasteiger charge is -2.20. The number of nitrogens with one attached hydrogen (secondary N) is 1. The molecule has 2 aromatic rings. The molecule has 0 aliphatic carbocycles. The highest BCUT2D eigenvalue weighted by Gasteiger charge is 2.13. The van der Waals surface area contributed by atoms with Gasteiger partial charge in [-0.25, -0.2) is 0 Å². The zero-order valence-corrected chi connectivity index (χ0v) is 15.2. The third-order valence-electron chi connectivity index (χ3n) is 4.04. The zero-order valence-electron chi connectivity index (χ0n) is 13.1. The van der Waals surface area contributed by atoms with Crippen molar-refractivity contribution in [2.24, 2.45) is 0 Å². The van der Waals surface area contributed by atoms with Gasteiger partial charge < -0.3 is 5.32 Å². The van der Waals surface area contributed by atoms with Crippen molar-refractivity contribution >= 4 is 22.6 Å². The van der Waals surface area contributed by atoms with E-state index in [4.69, 9.17) is 0 Å². The SMILES string of the molecule is CCNC(c1ccc(C(C)CC)cc1)c1cccc(I)c1. The van der Waals surface area contributed by atoms with Crippen LogP contribution in [0.3, 0.4) is 0 Å². The van der Waals surface area contributed by atoms with Crippen LogP contribution in [0.5, 0.6) is 0 Å². The van der Waals surface area contributed by atoms with Crippen molar-refractivity contribution in [1.82, 2.24) is 5.32 Å². The standard InChI is InChI=1S/C19H24IN/c1-4-14(3)15-9-11-16(12-10-15)19(21-5-2)17-7-6-8-18(20)13-17/h6-14,19,21H,4-5H2,1-3H3. The molecule has 0 bridgehead atoms. The van der Waals surface area contributed by atoms with Crippen LogP contribution in [-0.4, -0.2) is 6.54 Å². The summed E-state index contributed by atoms with van der Waals surface area (Å²) in [4.78, 5) is 0. The van der Waals surface area contributed by atoms with Crippen molar-refractivity contribution in [3.8, 4) is 0 Å². The lowest BCUT2D eigenvalue weighted by Crippen LogP contribution is -2.22. The van der Waals surface area contributed by atoms with E-state index < -0.39 is 0 Å². The van der Waals surface area contributed by atoms with Crippen LogP contribution < -0.4 is 5.32 Å². The Bertz CT molecular complexity index is 562. The molecular weight excluding hydrogens is 369 g/mol. The summed E-state index contributed by atoms with van der Waals surface area (Å²) in [6, 6.07) is 18.1. The van der Waals surface area contributed by atoms with Crippen LogP contribution in [0, 0.1) is 3.57 Å². The van der Waals surface area contributed by atoms with Crippen LogP contribution in [0.2, 0.25) is 0 Å². The number of hydrogen-bond acceptors (Lipinski definition) is 1. The van der Waals surface area contributed by atoms with Crippen LogP contribution in [0.4, 0.5) is 0 Å². The summed E-state index contributed by atoms with van der Waals surface area (Å²) in [5, 5.41) is 3.60. The molecule has 1 N–H and O–H groups in total. The number of hydrogen-bond donors (Lipinski definition) is 1. The molecule has 0 amide bonds. The van der Waals surface area contributed by atoms with Gasteiger partial charge >= 0.3 is 0 Å². The molecule has 2 atom stereocenters. The number of rotatable bonds is 6. The molecular formula is C19H24IN. The predicted octanol–water partition coefficient (Wildman–Crippen LogP) is 5.50. The minimum absolute atomic E-state index is 0.274. The van der Waals surface area contributed by atoms with Gasteiger partial charge in [-0.3, -0.25) is 0 Å². The molecule has 2 heteroatoms. The topological polar surface area (TPSA) is 12.0 Å². The first-order valence-electron chi connectivity index (χ1n) is 7.74. The molecule has 0 aliphatic rings. The van der Waals surface area contributed by atoms with Gasteiger partial charge in [0.2, 0.25) is 0 Å². The van der Waals surface area contributed by atoms with Crippen molar-refractivity contribution in [3.63, 3.8) is 0 Å². The Morgan fingerprint density at radius 2 is 1.62 bits per heavy atom.